The van der Waals surface area contributed by atoms with Crippen molar-refractivity contribution in [1.82, 2.24) is 4.98 Å². The van der Waals surface area contributed by atoms with Crippen molar-refractivity contribution in [3.05, 3.63) is 29.6 Å². The van der Waals surface area contributed by atoms with Crippen molar-refractivity contribution in [2.24, 2.45) is 23.2 Å². The van der Waals surface area contributed by atoms with Gasteiger partial charge in [0.2, 0.25) is 0 Å². The normalized spacial score (nSPS) is 37.4. The number of nitrogens with zero attached hydrogens (tertiary/aromatic N) is 1. The highest BCUT2D eigenvalue weighted by atomic mass is 16.7. The molecule has 3 heterocycles. The van der Waals surface area contributed by atoms with Gasteiger partial charge in [-0.2, -0.15) is 0 Å². The fraction of sp³-hybridized carbons (Fsp3) is 0.675. The Morgan fingerprint density at radius 3 is 1.88 bits per heavy atom. The van der Waals surface area contributed by atoms with Gasteiger partial charge in [-0.3, -0.25) is 38.5 Å². The summed E-state index contributed by atoms with van der Waals surface area (Å²) in [5.74, 6) is -12.4. The third-order valence-corrected chi connectivity index (χ3v) is 11.8. The summed E-state index contributed by atoms with van der Waals surface area (Å²) in [6.07, 6.45) is -10.6. The second-order valence-corrected chi connectivity index (χ2v) is 16.3. The molecule has 13 atom stereocenters. The Hall–Kier alpha value is -5.17. The molecule has 13 unspecified atom stereocenters. The van der Waals surface area contributed by atoms with Crippen molar-refractivity contribution in [2.45, 2.75) is 136 Å². The first-order valence-corrected chi connectivity index (χ1v) is 19.2. The van der Waals surface area contributed by atoms with Crippen LogP contribution in [0.3, 0.4) is 0 Å². The molecule has 3 fully saturated rings. The molecule has 1 aromatic heterocycles. The maximum absolute atomic E-state index is 14.4. The Morgan fingerprint density at radius 1 is 0.814 bits per heavy atom. The minimum atomic E-state index is -2.83. The number of carbonyl (C=O) groups is 8. The lowest BCUT2D eigenvalue weighted by Gasteiger charge is -2.67. The van der Waals surface area contributed by atoms with Crippen LogP contribution in [0.5, 0.6) is 0 Å². The number of rotatable bonds is 8. The average molecular weight is 834 g/mol. The monoisotopic (exact) mass is 833 g/mol. The van der Waals surface area contributed by atoms with E-state index in [1.54, 1.807) is 6.92 Å². The topological polar surface area (TPSA) is 253 Å². The Bertz CT molecular complexity index is 1910. The van der Waals surface area contributed by atoms with E-state index in [4.69, 9.17) is 42.6 Å². The molecule has 1 aromatic rings. The quantitative estimate of drug-likeness (QED) is 0.289. The molecule has 2 aliphatic heterocycles. The van der Waals surface area contributed by atoms with Gasteiger partial charge in [-0.15, -0.1) is 0 Å². The largest absolute Gasteiger partial charge is 0.464 e. The van der Waals surface area contributed by atoms with Crippen molar-refractivity contribution >= 4 is 47.8 Å². The van der Waals surface area contributed by atoms with Crippen LogP contribution in [0.25, 0.3) is 0 Å². The zero-order valence-corrected chi connectivity index (χ0v) is 34.8. The molecule has 19 nitrogen and oxygen atoms in total. The number of esters is 8. The fourth-order valence-electron chi connectivity index (χ4n) is 9.39. The zero-order chi connectivity index (χ0) is 44.2. The maximum atomic E-state index is 14.4. The van der Waals surface area contributed by atoms with Crippen molar-refractivity contribution < 1.29 is 86.1 Å². The summed E-state index contributed by atoms with van der Waals surface area (Å²) in [7, 11) is 0. The molecular weight excluding hydrogens is 782 g/mol. The third-order valence-electron chi connectivity index (χ3n) is 11.8. The maximum Gasteiger partial charge on any atom is 0.340 e. The Kier molecular flexibility index (Phi) is 12.3. The standard InChI is InChI=1S/C40H51NO18/c1-17(2)34(47)52-16-39-32(56-23(8)45)28(53-20(5)42)26-30(55-22(7)44)40(39)38(11,50)31(29(54-21(6)43)33(39)57-24(9)46)58-35(48)19(4)18(3)27-25(13-12-14-41-27)36(49)51-15-37(26,10)59-40/h12-14,17-19,26,28-33,50H,15-16H2,1-11H3. The molecule has 4 bridgehead atoms. The molecule has 4 aliphatic rings. The van der Waals surface area contributed by atoms with Gasteiger partial charge < -0.3 is 47.7 Å². The van der Waals surface area contributed by atoms with Crippen molar-refractivity contribution in [3.63, 3.8) is 0 Å². The van der Waals surface area contributed by atoms with Gasteiger partial charge in [0.05, 0.1) is 29.0 Å². The van der Waals surface area contributed by atoms with Gasteiger partial charge in [0.15, 0.2) is 30.0 Å². The molecule has 2 saturated carbocycles. The van der Waals surface area contributed by atoms with Gasteiger partial charge >= 0.3 is 47.8 Å². The van der Waals surface area contributed by atoms with Crippen molar-refractivity contribution in [1.29, 1.82) is 0 Å². The summed E-state index contributed by atoms with van der Waals surface area (Å²) in [4.78, 5) is 113. The number of hydrogen-bond acceptors (Lipinski definition) is 19. The molecule has 1 saturated heterocycles. The van der Waals surface area contributed by atoms with Crippen LogP contribution >= 0.6 is 0 Å². The van der Waals surface area contributed by atoms with Gasteiger partial charge in [0, 0.05) is 46.7 Å². The van der Waals surface area contributed by atoms with Gasteiger partial charge in [-0.05, 0) is 26.0 Å². The van der Waals surface area contributed by atoms with E-state index in [1.807, 2.05) is 0 Å². The number of carbonyl (C=O) groups excluding carboxylic acids is 8. The van der Waals surface area contributed by atoms with E-state index >= 15 is 0 Å². The fourth-order valence-corrected chi connectivity index (χ4v) is 9.39. The van der Waals surface area contributed by atoms with E-state index in [9.17, 15) is 43.5 Å². The number of aliphatic hydroxyl groups is 1. The van der Waals surface area contributed by atoms with E-state index in [0.29, 0.717) is 0 Å². The Labute approximate surface area is 340 Å². The van der Waals surface area contributed by atoms with Crippen LogP contribution in [0.4, 0.5) is 0 Å². The van der Waals surface area contributed by atoms with Crippen molar-refractivity contribution in [3.8, 4) is 0 Å². The van der Waals surface area contributed by atoms with Crippen LogP contribution < -0.4 is 0 Å². The van der Waals surface area contributed by atoms with Gasteiger partial charge in [0.25, 0.3) is 0 Å². The summed E-state index contributed by atoms with van der Waals surface area (Å²) in [5, 5.41) is 13.5. The van der Waals surface area contributed by atoms with Crippen LogP contribution in [0.2, 0.25) is 0 Å². The summed E-state index contributed by atoms with van der Waals surface area (Å²) in [6, 6.07) is 2.90. The van der Waals surface area contributed by atoms with E-state index in [0.717, 1.165) is 41.5 Å². The molecule has 2 aliphatic carbocycles. The molecule has 0 radical (unpaired) electrons. The lowest BCUT2D eigenvalue weighted by Crippen LogP contribution is -2.89. The lowest BCUT2D eigenvalue weighted by atomic mass is 9.45. The average Bonchev–Trinajstić information content (AvgIpc) is 3.35. The molecule has 59 heavy (non-hydrogen) atoms. The number of hydrogen-bond donors (Lipinski definition) is 1. The first-order valence-electron chi connectivity index (χ1n) is 19.2. The second-order valence-electron chi connectivity index (χ2n) is 16.3. The summed E-state index contributed by atoms with van der Waals surface area (Å²) < 4.78 is 54.9. The molecule has 5 rings (SSSR count). The van der Waals surface area contributed by atoms with E-state index in [2.05, 4.69) is 4.98 Å². The molecular formula is C40H51NO18. The number of ether oxygens (including phenoxy) is 9. The van der Waals surface area contributed by atoms with Gasteiger partial charge in [-0.1, -0.05) is 27.7 Å². The van der Waals surface area contributed by atoms with Crippen LogP contribution in [-0.2, 0) is 76.2 Å². The van der Waals surface area contributed by atoms with Crippen LogP contribution in [0, 0.1) is 23.2 Å². The van der Waals surface area contributed by atoms with Gasteiger partial charge in [0.1, 0.15) is 42.0 Å². The Morgan fingerprint density at radius 2 is 1.34 bits per heavy atom. The number of fused-ring (bicyclic) bond motifs is 5. The summed E-state index contributed by atoms with van der Waals surface area (Å²) in [5.41, 5.74) is -10.1. The molecule has 0 aromatic carbocycles. The van der Waals surface area contributed by atoms with Crippen LogP contribution in [0.1, 0.15) is 98.1 Å². The molecule has 1 N–H and O–H groups in total. The predicted octanol–water partition coefficient (Wildman–Crippen LogP) is 1.67. The van der Waals surface area contributed by atoms with E-state index in [-0.39, 0.29) is 11.3 Å². The van der Waals surface area contributed by atoms with Gasteiger partial charge in [-0.25, -0.2) is 4.79 Å². The zero-order valence-electron chi connectivity index (χ0n) is 34.8. The first-order chi connectivity index (χ1) is 27.4. The minimum Gasteiger partial charge on any atom is -0.464 e. The number of cyclic esters (lactones) is 1. The number of aromatic nitrogens is 1. The molecule has 0 amide bonds. The predicted molar refractivity (Wildman–Crippen MR) is 194 cm³/mol. The SMILES string of the molecule is CC(=O)OC1C2C(OC(C)=O)C34OC2(C)COC(=O)c2cccnc2C(C)C(C)C(=O)OC(C(OC(C)=O)C(OC(C)=O)C3(COC(=O)C(C)C)C1OC(C)=O)C4(C)O. The van der Waals surface area contributed by atoms with Crippen molar-refractivity contribution in [2.75, 3.05) is 13.2 Å². The summed E-state index contributed by atoms with van der Waals surface area (Å²) in [6.45, 7) is 11.7. The van der Waals surface area contributed by atoms with Crippen LogP contribution in [0.15, 0.2) is 18.3 Å². The highest BCUT2D eigenvalue weighted by molar-refractivity contribution is 5.91. The second kappa shape index (κ2) is 16.1. The van der Waals surface area contributed by atoms with Crippen LogP contribution in [-0.4, -0.2) is 124 Å². The smallest absolute Gasteiger partial charge is 0.340 e. The molecule has 19 heteroatoms. The minimum absolute atomic E-state index is 0.0415. The highest BCUT2D eigenvalue weighted by Gasteiger charge is 2.92. The Balaban J connectivity index is 2.02. The summed E-state index contributed by atoms with van der Waals surface area (Å²) >= 11 is 0. The molecule has 324 valence electrons. The lowest BCUT2D eigenvalue weighted by molar-refractivity contribution is -0.387. The number of pyridine rings is 1. The third kappa shape index (κ3) is 7.40. The van der Waals surface area contributed by atoms with E-state index in [1.165, 1.54) is 46.0 Å². The first kappa shape index (κ1) is 44.9. The molecule has 1 spiro atoms. The van der Waals surface area contributed by atoms with E-state index < -0.39 is 143 Å². The highest BCUT2D eigenvalue weighted by Crippen LogP contribution is 2.70.